The quantitative estimate of drug-likeness (QED) is 0.179. The van der Waals surface area contributed by atoms with Gasteiger partial charge in [-0.15, -0.1) is 0 Å². The lowest BCUT2D eigenvalue weighted by Gasteiger charge is -2.67. The topological polar surface area (TPSA) is 118 Å². The lowest BCUT2D eigenvalue weighted by Crippen LogP contribution is -2.69. The average Bonchev–Trinajstić information content (AvgIpc) is 3.12. The first-order chi connectivity index (χ1) is 17.3. The highest BCUT2D eigenvalue weighted by molar-refractivity contribution is 5.93. The van der Waals surface area contributed by atoms with Gasteiger partial charge in [0.2, 0.25) is 0 Å². The standard InChI is InChI=1S/C29H45N3O5/c1-16-10-12-27(4)19(14-16)15-21(37-18(3)33)23-24(27)25(31-32-30)26(35)29(6)20(11-13-28(23,29)5)17(2)8-9-22(34)36-7/h16-17,19-21,23-25H,8-15H2,1-7H3/t16-,17-,19+,20-,21-,23-,24-,25+,27+,28+,29+/m1/s1. The first-order valence-electron chi connectivity index (χ1n) is 14.2. The van der Waals surface area contributed by atoms with Crippen LogP contribution in [0, 0.1) is 51.8 Å². The maximum Gasteiger partial charge on any atom is 0.305 e. The summed E-state index contributed by atoms with van der Waals surface area (Å²) < 4.78 is 11.0. The van der Waals surface area contributed by atoms with Crippen molar-refractivity contribution in [1.82, 2.24) is 0 Å². The van der Waals surface area contributed by atoms with Crippen LogP contribution in [0.25, 0.3) is 10.4 Å². The van der Waals surface area contributed by atoms with E-state index in [9.17, 15) is 19.9 Å². The molecule has 0 aromatic carbocycles. The second-order valence-corrected chi connectivity index (χ2v) is 13.4. The van der Waals surface area contributed by atoms with Crippen LogP contribution in [0.1, 0.15) is 92.9 Å². The summed E-state index contributed by atoms with van der Waals surface area (Å²) in [5.74, 6) is 0.341. The van der Waals surface area contributed by atoms with E-state index in [1.807, 2.05) is 0 Å². The Bertz CT molecular complexity index is 994. The van der Waals surface area contributed by atoms with Crippen LogP contribution in [0.15, 0.2) is 5.11 Å². The molecule has 0 aromatic heterocycles. The second-order valence-electron chi connectivity index (χ2n) is 13.4. The molecule has 0 spiro atoms. The van der Waals surface area contributed by atoms with E-state index < -0.39 is 16.9 Å². The maximum absolute atomic E-state index is 14.6. The van der Waals surface area contributed by atoms with Gasteiger partial charge in [-0.1, -0.05) is 46.2 Å². The van der Waals surface area contributed by atoms with Crippen LogP contribution in [0.3, 0.4) is 0 Å². The number of Topliss-reactive ketones (excluding diaryl/α,β-unsaturated/α-hetero) is 1. The molecule has 4 rings (SSSR count). The Hall–Kier alpha value is -2.08. The number of ketones is 1. The molecule has 0 radical (unpaired) electrons. The Kier molecular flexibility index (Phi) is 7.48. The highest BCUT2D eigenvalue weighted by atomic mass is 16.5. The van der Waals surface area contributed by atoms with Gasteiger partial charge >= 0.3 is 11.9 Å². The van der Waals surface area contributed by atoms with Gasteiger partial charge in [-0.05, 0) is 84.5 Å². The SMILES string of the molecule is COC(=O)CC[C@@H](C)[C@H]1CC[C@@]2(C)[C@H]3[C@H]([C@H](N=[N+]=[N-])C(=O)[C@]12C)[C@@]1(C)CC[C@@H](C)C[C@H]1C[C@H]3OC(C)=O. The molecule has 0 N–H and O–H groups in total. The molecule has 0 aliphatic heterocycles. The predicted octanol–water partition coefficient (Wildman–Crippen LogP) is 6.27. The summed E-state index contributed by atoms with van der Waals surface area (Å²) >= 11 is 0. The molecule has 11 atom stereocenters. The second kappa shape index (κ2) is 9.91. The summed E-state index contributed by atoms with van der Waals surface area (Å²) in [5.41, 5.74) is 8.36. The molecule has 0 aromatic rings. The molecule has 0 heterocycles. The van der Waals surface area contributed by atoms with E-state index >= 15 is 0 Å². The largest absolute Gasteiger partial charge is 0.469 e. The molecule has 4 aliphatic rings. The minimum atomic E-state index is -0.777. The molecule has 4 saturated carbocycles. The van der Waals surface area contributed by atoms with E-state index in [1.54, 1.807) is 0 Å². The molecular formula is C29H45N3O5. The number of esters is 2. The van der Waals surface area contributed by atoms with E-state index in [0.717, 1.165) is 38.5 Å². The third kappa shape index (κ3) is 4.18. The Labute approximate surface area is 221 Å². The Morgan fingerprint density at radius 3 is 2.49 bits per heavy atom. The Morgan fingerprint density at radius 2 is 1.86 bits per heavy atom. The van der Waals surface area contributed by atoms with Crippen LogP contribution < -0.4 is 0 Å². The van der Waals surface area contributed by atoms with Gasteiger partial charge in [0.05, 0.1) is 7.11 Å². The Morgan fingerprint density at radius 1 is 1.16 bits per heavy atom. The highest BCUT2D eigenvalue weighted by Gasteiger charge is 2.74. The summed E-state index contributed by atoms with van der Waals surface area (Å²) in [7, 11) is 1.40. The van der Waals surface area contributed by atoms with Crippen molar-refractivity contribution in [3.63, 3.8) is 0 Å². The van der Waals surface area contributed by atoms with Crippen molar-refractivity contribution in [2.75, 3.05) is 7.11 Å². The monoisotopic (exact) mass is 515 g/mol. The number of carbonyl (C=O) groups is 3. The maximum atomic E-state index is 14.6. The number of azide groups is 1. The molecule has 0 bridgehead atoms. The van der Waals surface area contributed by atoms with Crippen LogP contribution >= 0.6 is 0 Å². The molecule has 4 fully saturated rings. The minimum absolute atomic E-state index is 0.0434. The number of rotatable bonds is 6. The third-order valence-electron chi connectivity index (χ3n) is 11.8. The number of hydrogen-bond donors (Lipinski definition) is 0. The molecule has 0 amide bonds. The van der Waals surface area contributed by atoms with Gasteiger partial charge in [0.25, 0.3) is 0 Å². The van der Waals surface area contributed by atoms with Gasteiger partial charge in [0.1, 0.15) is 17.9 Å². The first-order valence-corrected chi connectivity index (χ1v) is 14.2. The summed E-state index contributed by atoms with van der Waals surface area (Å²) in [6, 6.07) is -0.777. The minimum Gasteiger partial charge on any atom is -0.469 e. The molecule has 37 heavy (non-hydrogen) atoms. The van der Waals surface area contributed by atoms with Crippen molar-refractivity contribution in [1.29, 1.82) is 0 Å². The lowest BCUT2D eigenvalue weighted by atomic mass is 9.38. The molecule has 0 unspecified atom stereocenters. The summed E-state index contributed by atoms with van der Waals surface area (Å²) in [4.78, 5) is 42.1. The zero-order valence-electron chi connectivity index (χ0n) is 23.7. The van der Waals surface area contributed by atoms with E-state index in [-0.39, 0.29) is 52.9 Å². The van der Waals surface area contributed by atoms with E-state index in [4.69, 9.17) is 9.47 Å². The van der Waals surface area contributed by atoms with Crippen molar-refractivity contribution in [3.8, 4) is 0 Å². The van der Waals surface area contributed by atoms with E-state index in [2.05, 4.69) is 44.6 Å². The van der Waals surface area contributed by atoms with Gasteiger partial charge in [0, 0.05) is 29.6 Å². The normalized spacial score (nSPS) is 45.5. The lowest BCUT2D eigenvalue weighted by molar-refractivity contribution is -0.215. The molecule has 0 saturated heterocycles. The van der Waals surface area contributed by atoms with Crippen molar-refractivity contribution in [3.05, 3.63) is 10.4 Å². The number of fused-ring (bicyclic) bond motifs is 5. The zero-order valence-corrected chi connectivity index (χ0v) is 23.7. The number of ether oxygens (including phenoxy) is 2. The van der Waals surface area contributed by atoms with Crippen LogP contribution in [-0.4, -0.2) is 37.0 Å². The smallest absolute Gasteiger partial charge is 0.305 e. The summed E-state index contributed by atoms with van der Waals surface area (Å²) in [5, 5.41) is 4.25. The average molecular weight is 516 g/mol. The van der Waals surface area contributed by atoms with Crippen molar-refractivity contribution >= 4 is 17.7 Å². The fourth-order valence-electron chi connectivity index (χ4n) is 9.76. The summed E-state index contributed by atoms with van der Waals surface area (Å²) in [6.45, 7) is 12.5. The van der Waals surface area contributed by atoms with Crippen LogP contribution in [0.5, 0.6) is 0 Å². The fourth-order valence-corrected chi connectivity index (χ4v) is 9.76. The molecule has 4 aliphatic carbocycles. The predicted molar refractivity (Wildman–Crippen MR) is 139 cm³/mol. The van der Waals surface area contributed by atoms with Crippen LogP contribution in [0.2, 0.25) is 0 Å². The van der Waals surface area contributed by atoms with Gasteiger partial charge in [0.15, 0.2) is 0 Å². The van der Waals surface area contributed by atoms with Crippen molar-refractivity contribution in [2.45, 2.75) is 105 Å². The first kappa shape index (κ1) is 27.9. The van der Waals surface area contributed by atoms with Gasteiger partial charge in [-0.3, -0.25) is 14.4 Å². The number of carbonyl (C=O) groups excluding carboxylic acids is 3. The number of hydrogen-bond acceptors (Lipinski definition) is 6. The van der Waals surface area contributed by atoms with Crippen molar-refractivity contribution < 1.29 is 23.9 Å². The van der Waals surface area contributed by atoms with E-state index in [0.29, 0.717) is 24.7 Å². The highest BCUT2D eigenvalue weighted by Crippen LogP contribution is 2.73. The van der Waals surface area contributed by atoms with Crippen LogP contribution in [-0.2, 0) is 23.9 Å². The fraction of sp³-hybridized carbons (Fsp3) is 0.897. The van der Waals surface area contributed by atoms with Gasteiger partial charge in [-0.2, -0.15) is 0 Å². The molecule has 8 heteroatoms. The zero-order chi connectivity index (χ0) is 27.3. The van der Waals surface area contributed by atoms with E-state index in [1.165, 1.54) is 14.0 Å². The third-order valence-corrected chi connectivity index (χ3v) is 11.8. The molecule has 206 valence electrons. The van der Waals surface area contributed by atoms with Crippen molar-refractivity contribution in [2.24, 2.45) is 56.9 Å². The Balaban J connectivity index is 1.83. The van der Waals surface area contributed by atoms with Gasteiger partial charge < -0.3 is 9.47 Å². The number of methoxy groups -OCH3 is 1. The molecule has 8 nitrogen and oxygen atoms in total. The van der Waals surface area contributed by atoms with Crippen LogP contribution in [0.4, 0.5) is 0 Å². The molecular weight excluding hydrogens is 470 g/mol. The number of nitrogens with zero attached hydrogens (tertiary/aromatic N) is 3. The van der Waals surface area contributed by atoms with Gasteiger partial charge in [-0.25, -0.2) is 0 Å². The summed E-state index contributed by atoms with van der Waals surface area (Å²) in [6.07, 6.45) is 6.28.